The van der Waals surface area contributed by atoms with Gasteiger partial charge in [0, 0.05) is 25.1 Å². The lowest BCUT2D eigenvalue weighted by molar-refractivity contribution is -0.0659. The minimum absolute atomic E-state index is 0.253. The van der Waals surface area contributed by atoms with Gasteiger partial charge in [-0.2, -0.15) is 0 Å². The number of nitrogens with one attached hydrogen (secondary N) is 1. The number of ether oxygens (including phenoxy) is 1. The Bertz CT molecular complexity index is 547. The van der Waals surface area contributed by atoms with Crippen LogP contribution in [0.25, 0.3) is 0 Å². The van der Waals surface area contributed by atoms with Gasteiger partial charge in [-0.15, -0.1) is 11.3 Å². The molecule has 3 N–H and O–H groups in total. The smallest absolute Gasteiger partial charge is 0.242 e. The molecule has 0 saturated heterocycles. The molecule has 108 valence electrons. The molecular formula is C11H17BrN2O3S2. The summed E-state index contributed by atoms with van der Waals surface area (Å²) in [6.07, 6.45) is 2.87. The lowest BCUT2D eigenvalue weighted by Gasteiger charge is -2.40. The van der Waals surface area contributed by atoms with Crippen molar-refractivity contribution in [3.8, 4) is 0 Å². The van der Waals surface area contributed by atoms with E-state index in [9.17, 15) is 8.42 Å². The zero-order chi connectivity index (χ0) is 14.1. The molecule has 19 heavy (non-hydrogen) atoms. The van der Waals surface area contributed by atoms with Crippen LogP contribution < -0.4 is 10.5 Å². The van der Waals surface area contributed by atoms with Crippen molar-refractivity contribution in [3.63, 3.8) is 0 Å². The third-order valence-corrected chi connectivity index (χ3v) is 7.16. The SMILES string of the molecule is COC1(CNS(=O)(=O)c2cc(CN)sc2Br)CCC1. The molecule has 0 spiro atoms. The quantitative estimate of drug-likeness (QED) is 0.802. The fraction of sp³-hybridized carbons (Fsp3) is 0.636. The average Bonchev–Trinajstić information content (AvgIpc) is 2.70. The number of methoxy groups -OCH3 is 1. The first kappa shape index (κ1) is 15.4. The molecule has 1 aromatic heterocycles. The van der Waals surface area contributed by atoms with Crippen molar-refractivity contribution in [3.05, 3.63) is 14.7 Å². The number of sulfonamides is 1. The maximum absolute atomic E-state index is 12.3. The van der Waals surface area contributed by atoms with Crippen molar-refractivity contribution in [2.24, 2.45) is 5.73 Å². The monoisotopic (exact) mass is 368 g/mol. The van der Waals surface area contributed by atoms with Crippen molar-refractivity contribution in [2.45, 2.75) is 36.3 Å². The average molecular weight is 369 g/mol. The second kappa shape index (κ2) is 5.79. The highest BCUT2D eigenvalue weighted by atomic mass is 79.9. The van der Waals surface area contributed by atoms with Gasteiger partial charge in [-0.25, -0.2) is 13.1 Å². The number of nitrogens with two attached hydrogens (primary N) is 1. The molecule has 0 unspecified atom stereocenters. The second-order valence-corrected chi connectivity index (χ2v) is 8.81. The van der Waals surface area contributed by atoms with E-state index >= 15 is 0 Å². The summed E-state index contributed by atoms with van der Waals surface area (Å²) in [5, 5.41) is 0. The molecule has 1 saturated carbocycles. The van der Waals surface area contributed by atoms with Gasteiger partial charge in [-0.1, -0.05) is 0 Å². The molecule has 8 heteroatoms. The van der Waals surface area contributed by atoms with Crippen LogP contribution in [0.15, 0.2) is 14.7 Å². The van der Waals surface area contributed by atoms with Gasteiger partial charge in [0.05, 0.1) is 9.39 Å². The molecule has 0 aromatic carbocycles. The van der Waals surface area contributed by atoms with Gasteiger partial charge >= 0.3 is 0 Å². The molecule has 2 rings (SSSR count). The van der Waals surface area contributed by atoms with Crippen LogP contribution in [0.3, 0.4) is 0 Å². The Balaban J connectivity index is 2.11. The Morgan fingerprint density at radius 2 is 2.26 bits per heavy atom. The fourth-order valence-corrected chi connectivity index (χ4v) is 5.68. The van der Waals surface area contributed by atoms with Gasteiger partial charge in [0.1, 0.15) is 4.90 Å². The van der Waals surface area contributed by atoms with Gasteiger partial charge in [-0.3, -0.25) is 0 Å². The van der Waals surface area contributed by atoms with Gasteiger partial charge < -0.3 is 10.5 Å². The highest BCUT2D eigenvalue weighted by Crippen LogP contribution is 2.35. The zero-order valence-corrected chi connectivity index (χ0v) is 13.8. The Morgan fingerprint density at radius 1 is 1.58 bits per heavy atom. The summed E-state index contributed by atoms with van der Waals surface area (Å²) in [5.74, 6) is 0. The Kier molecular flexibility index (Phi) is 4.69. The van der Waals surface area contributed by atoms with Crippen molar-refractivity contribution < 1.29 is 13.2 Å². The largest absolute Gasteiger partial charge is 0.377 e. The van der Waals surface area contributed by atoms with Gasteiger partial charge in [0.2, 0.25) is 10.0 Å². The number of halogens is 1. The summed E-state index contributed by atoms with van der Waals surface area (Å²) in [4.78, 5) is 1.08. The highest BCUT2D eigenvalue weighted by molar-refractivity contribution is 9.11. The highest BCUT2D eigenvalue weighted by Gasteiger charge is 2.38. The van der Waals surface area contributed by atoms with E-state index < -0.39 is 10.0 Å². The van der Waals surface area contributed by atoms with Crippen molar-refractivity contribution in [1.29, 1.82) is 0 Å². The number of thiophene rings is 1. The van der Waals surface area contributed by atoms with Gasteiger partial charge in [0.15, 0.2) is 0 Å². The molecule has 0 atom stereocenters. The van der Waals surface area contributed by atoms with Crippen molar-refractivity contribution in [1.82, 2.24) is 4.72 Å². The zero-order valence-electron chi connectivity index (χ0n) is 10.6. The molecule has 1 fully saturated rings. The van der Waals surface area contributed by atoms with E-state index in [1.165, 1.54) is 11.3 Å². The van der Waals surface area contributed by atoms with Crippen molar-refractivity contribution in [2.75, 3.05) is 13.7 Å². The fourth-order valence-electron chi connectivity index (χ4n) is 2.01. The van der Waals surface area contributed by atoms with E-state index in [1.807, 2.05) is 0 Å². The van der Waals surface area contributed by atoms with Crippen LogP contribution in [-0.2, 0) is 21.3 Å². The predicted molar refractivity (Wildman–Crippen MR) is 78.7 cm³/mol. The molecular weight excluding hydrogens is 352 g/mol. The first-order chi connectivity index (χ1) is 8.92. The predicted octanol–water partition coefficient (Wildman–Crippen LogP) is 1.82. The van der Waals surface area contributed by atoms with E-state index in [4.69, 9.17) is 10.5 Å². The maximum Gasteiger partial charge on any atom is 0.242 e. The lowest BCUT2D eigenvalue weighted by Crippen LogP contribution is -2.49. The number of hydrogen-bond donors (Lipinski definition) is 2. The molecule has 1 heterocycles. The summed E-state index contributed by atoms with van der Waals surface area (Å²) in [6, 6.07) is 1.61. The van der Waals surface area contributed by atoms with Crippen LogP contribution in [0.4, 0.5) is 0 Å². The minimum atomic E-state index is -3.52. The lowest BCUT2D eigenvalue weighted by atomic mass is 9.80. The second-order valence-electron chi connectivity index (χ2n) is 4.62. The molecule has 0 amide bonds. The first-order valence-corrected chi connectivity index (χ1v) is 9.05. The first-order valence-electron chi connectivity index (χ1n) is 5.95. The number of hydrogen-bond acceptors (Lipinski definition) is 5. The van der Waals surface area contributed by atoms with Gasteiger partial charge in [-0.05, 0) is 41.3 Å². The molecule has 1 aliphatic carbocycles. The van der Waals surface area contributed by atoms with Crippen LogP contribution in [-0.4, -0.2) is 27.7 Å². The third-order valence-electron chi connectivity index (χ3n) is 3.48. The van der Waals surface area contributed by atoms with E-state index in [0.717, 1.165) is 24.1 Å². The number of rotatable bonds is 6. The van der Waals surface area contributed by atoms with E-state index in [-0.39, 0.29) is 10.5 Å². The Hall–Kier alpha value is 0.01000. The third kappa shape index (κ3) is 3.20. The summed E-state index contributed by atoms with van der Waals surface area (Å²) < 4.78 is 33.1. The van der Waals surface area contributed by atoms with E-state index in [1.54, 1.807) is 13.2 Å². The Morgan fingerprint density at radius 3 is 2.68 bits per heavy atom. The normalized spacial score (nSPS) is 18.3. The van der Waals surface area contributed by atoms with Gasteiger partial charge in [0.25, 0.3) is 0 Å². The molecule has 1 aromatic rings. The molecule has 0 bridgehead atoms. The summed E-state index contributed by atoms with van der Waals surface area (Å²) >= 11 is 4.62. The van der Waals surface area contributed by atoms with Crippen LogP contribution >= 0.6 is 27.3 Å². The summed E-state index contributed by atoms with van der Waals surface area (Å²) in [5.41, 5.74) is 5.20. The van der Waals surface area contributed by atoms with Crippen LogP contribution in [0.1, 0.15) is 24.1 Å². The summed E-state index contributed by atoms with van der Waals surface area (Å²) in [6.45, 7) is 0.646. The minimum Gasteiger partial charge on any atom is -0.377 e. The molecule has 1 aliphatic rings. The Labute approximate surface area is 125 Å². The van der Waals surface area contributed by atoms with Crippen LogP contribution in [0.5, 0.6) is 0 Å². The molecule has 5 nitrogen and oxygen atoms in total. The standard InChI is InChI=1S/C11H17BrN2O3S2/c1-17-11(3-2-4-11)7-14-19(15,16)9-5-8(6-13)18-10(9)12/h5,14H,2-4,6-7,13H2,1H3. The van der Waals surface area contributed by atoms with E-state index in [2.05, 4.69) is 20.7 Å². The topological polar surface area (TPSA) is 81.4 Å². The van der Waals surface area contributed by atoms with Crippen LogP contribution in [0, 0.1) is 0 Å². The molecule has 0 aliphatic heterocycles. The van der Waals surface area contributed by atoms with Crippen LogP contribution in [0.2, 0.25) is 0 Å². The van der Waals surface area contributed by atoms with Crippen molar-refractivity contribution >= 4 is 37.3 Å². The summed E-state index contributed by atoms with van der Waals surface area (Å²) in [7, 11) is -1.90. The maximum atomic E-state index is 12.3. The van der Waals surface area contributed by atoms with E-state index in [0.29, 0.717) is 16.9 Å². The molecule has 0 radical (unpaired) electrons.